The van der Waals surface area contributed by atoms with Crippen molar-refractivity contribution in [2.75, 3.05) is 47.1 Å². The monoisotopic (exact) mass is 442 g/mol. The van der Waals surface area contributed by atoms with Gasteiger partial charge < -0.3 is 19.5 Å². The lowest BCUT2D eigenvalue weighted by Gasteiger charge is -2.35. The molecule has 0 aliphatic carbocycles. The lowest BCUT2D eigenvalue weighted by atomic mass is 10.0. The number of methoxy groups -OCH3 is 2. The molecule has 1 aliphatic heterocycles. The maximum atomic E-state index is 12.8. The Morgan fingerprint density at radius 3 is 2.74 bits per heavy atom. The zero-order valence-electron chi connectivity index (χ0n) is 17.6. The third kappa shape index (κ3) is 4.90. The number of H-pyrrole nitrogens is 1. The van der Waals surface area contributed by atoms with Gasteiger partial charge in [-0.05, 0) is 35.2 Å². The average Bonchev–Trinajstić information content (AvgIpc) is 3.52. The Bertz CT molecular complexity index is 999. The minimum Gasteiger partial charge on any atom is -0.493 e. The van der Waals surface area contributed by atoms with Crippen molar-refractivity contribution in [2.24, 2.45) is 0 Å². The number of amides is 1. The Balaban J connectivity index is 1.50. The van der Waals surface area contributed by atoms with E-state index in [4.69, 9.17) is 14.2 Å². The van der Waals surface area contributed by atoms with Gasteiger partial charge in [-0.2, -0.15) is 5.10 Å². The number of nitrogens with zero attached hydrogens (tertiary/aromatic N) is 2. The van der Waals surface area contributed by atoms with Crippen molar-refractivity contribution in [3.05, 3.63) is 53.0 Å². The summed E-state index contributed by atoms with van der Waals surface area (Å²) in [7, 11) is 3.24. The highest BCUT2D eigenvalue weighted by Gasteiger charge is 2.25. The number of benzene rings is 1. The van der Waals surface area contributed by atoms with Crippen molar-refractivity contribution in [3.63, 3.8) is 0 Å². The fourth-order valence-corrected chi connectivity index (χ4v) is 4.38. The second kappa shape index (κ2) is 9.95. The molecule has 1 fully saturated rings. The highest BCUT2D eigenvalue weighted by Crippen LogP contribution is 2.32. The van der Waals surface area contributed by atoms with Gasteiger partial charge in [0.1, 0.15) is 0 Å². The summed E-state index contributed by atoms with van der Waals surface area (Å²) in [4.78, 5) is 16.1. The Kier molecular flexibility index (Phi) is 6.86. The van der Waals surface area contributed by atoms with Crippen LogP contribution in [0.15, 0.2) is 41.8 Å². The van der Waals surface area contributed by atoms with Gasteiger partial charge in [-0.3, -0.25) is 14.8 Å². The molecule has 1 aliphatic rings. The minimum absolute atomic E-state index is 0.0247. The molecule has 8 nitrogen and oxygen atoms in total. The topological polar surface area (TPSA) is 88.7 Å². The van der Waals surface area contributed by atoms with Crippen LogP contribution in [-0.4, -0.2) is 68.1 Å². The molecule has 9 heteroatoms. The number of morpholine rings is 1. The van der Waals surface area contributed by atoms with Crippen molar-refractivity contribution >= 4 is 17.2 Å². The van der Waals surface area contributed by atoms with Crippen LogP contribution in [0.4, 0.5) is 0 Å². The molecule has 3 heterocycles. The summed E-state index contributed by atoms with van der Waals surface area (Å²) < 4.78 is 16.4. The van der Waals surface area contributed by atoms with E-state index in [1.807, 2.05) is 35.7 Å². The third-order valence-corrected chi connectivity index (χ3v) is 6.24. The molecule has 0 radical (unpaired) electrons. The lowest BCUT2D eigenvalue weighted by Crippen LogP contribution is -2.43. The Hall–Kier alpha value is -2.88. The number of hydrogen-bond donors (Lipinski definition) is 2. The summed E-state index contributed by atoms with van der Waals surface area (Å²) in [6.07, 6.45) is 0. The van der Waals surface area contributed by atoms with Crippen LogP contribution in [0, 0.1) is 0 Å². The van der Waals surface area contributed by atoms with Gasteiger partial charge in [-0.1, -0.05) is 12.1 Å². The molecule has 31 heavy (non-hydrogen) atoms. The zero-order chi connectivity index (χ0) is 21.6. The Labute approximate surface area is 185 Å². The van der Waals surface area contributed by atoms with E-state index >= 15 is 0 Å². The molecule has 0 saturated carbocycles. The number of carbonyl (C=O) groups is 1. The maximum absolute atomic E-state index is 12.8. The van der Waals surface area contributed by atoms with Crippen molar-refractivity contribution in [2.45, 2.75) is 6.04 Å². The molecule has 3 aromatic rings. The molecule has 4 rings (SSSR count). The van der Waals surface area contributed by atoms with Crippen LogP contribution in [-0.2, 0) is 4.74 Å². The summed E-state index contributed by atoms with van der Waals surface area (Å²) in [6, 6.07) is 11.6. The molecule has 1 unspecified atom stereocenters. The molecule has 1 atom stereocenters. The first-order valence-corrected chi connectivity index (χ1v) is 11.0. The van der Waals surface area contributed by atoms with Crippen molar-refractivity contribution in [1.29, 1.82) is 0 Å². The summed E-state index contributed by atoms with van der Waals surface area (Å²) in [5.74, 6) is 1.13. The van der Waals surface area contributed by atoms with E-state index in [0.29, 0.717) is 37.0 Å². The highest BCUT2D eigenvalue weighted by atomic mass is 32.1. The van der Waals surface area contributed by atoms with E-state index in [2.05, 4.69) is 20.4 Å². The van der Waals surface area contributed by atoms with Crippen LogP contribution < -0.4 is 14.8 Å². The lowest BCUT2D eigenvalue weighted by molar-refractivity contribution is 0.0161. The van der Waals surface area contributed by atoms with Crippen LogP contribution in [0.2, 0.25) is 0 Å². The smallest absolute Gasteiger partial charge is 0.271 e. The van der Waals surface area contributed by atoms with Crippen LogP contribution in [0.1, 0.15) is 22.1 Å². The zero-order valence-corrected chi connectivity index (χ0v) is 18.4. The fourth-order valence-electron chi connectivity index (χ4n) is 3.68. The molecule has 1 saturated heterocycles. The number of hydrogen-bond acceptors (Lipinski definition) is 7. The van der Waals surface area contributed by atoms with Crippen molar-refractivity contribution < 1.29 is 19.0 Å². The molecular weight excluding hydrogens is 416 g/mol. The van der Waals surface area contributed by atoms with Crippen molar-refractivity contribution in [1.82, 2.24) is 20.4 Å². The molecule has 2 N–H and O–H groups in total. The number of rotatable bonds is 8. The molecular formula is C22H26N4O4S. The standard InChI is InChI=1S/C22H26N4O4S/c1-28-19-6-5-15(12-20(19)29-2)18(26-7-9-30-10-8-26)14-23-22(27)17-13-16(24-25-17)21-4-3-11-31-21/h3-6,11-13,18H,7-10,14H2,1-2H3,(H,23,27)(H,24,25). The summed E-state index contributed by atoms with van der Waals surface area (Å²) in [5.41, 5.74) is 2.25. The van der Waals surface area contributed by atoms with Gasteiger partial charge in [0.15, 0.2) is 17.2 Å². The van der Waals surface area contributed by atoms with E-state index in [-0.39, 0.29) is 11.9 Å². The average molecular weight is 443 g/mol. The molecule has 0 bridgehead atoms. The third-order valence-electron chi connectivity index (χ3n) is 5.33. The van der Waals surface area contributed by atoms with Gasteiger partial charge in [-0.15, -0.1) is 11.3 Å². The number of nitrogens with one attached hydrogen (secondary N) is 2. The van der Waals surface area contributed by atoms with Gasteiger partial charge in [0.25, 0.3) is 5.91 Å². The molecule has 1 amide bonds. The number of ether oxygens (including phenoxy) is 3. The molecule has 2 aromatic heterocycles. The van der Waals surface area contributed by atoms with Crippen LogP contribution in [0.5, 0.6) is 11.5 Å². The summed E-state index contributed by atoms with van der Waals surface area (Å²) >= 11 is 1.60. The van der Waals surface area contributed by atoms with Crippen molar-refractivity contribution in [3.8, 4) is 22.1 Å². The maximum Gasteiger partial charge on any atom is 0.271 e. The van der Waals surface area contributed by atoms with Crippen LogP contribution >= 0.6 is 11.3 Å². The number of carbonyl (C=O) groups excluding carboxylic acids is 1. The second-order valence-corrected chi connectivity index (χ2v) is 8.08. The van der Waals surface area contributed by atoms with Gasteiger partial charge >= 0.3 is 0 Å². The molecule has 0 spiro atoms. The van der Waals surface area contributed by atoms with Crippen LogP contribution in [0.3, 0.4) is 0 Å². The number of aromatic nitrogens is 2. The van der Waals surface area contributed by atoms with Crippen LogP contribution in [0.25, 0.3) is 10.6 Å². The number of thiophene rings is 1. The number of aromatic amines is 1. The molecule has 1 aromatic carbocycles. The first kappa shape index (κ1) is 21.4. The predicted octanol–water partition coefficient (Wildman–Crippen LogP) is 2.96. The van der Waals surface area contributed by atoms with E-state index in [9.17, 15) is 4.79 Å². The largest absolute Gasteiger partial charge is 0.493 e. The minimum atomic E-state index is -0.210. The Morgan fingerprint density at radius 2 is 2.03 bits per heavy atom. The quantitative estimate of drug-likeness (QED) is 0.558. The van der Waals surface area contributed by atoms with Gasteiger partial charge in [0.05, 0.1) is 44.0 Å². The van der Waals surface area contributed by atoms with Gasteiger partial charge in [-0.25, -0.2) is 0 Å². The van der Waals surface area contributed by atoms with E-state index in [0.717, 1.165) is 29.2 Å². The van der Waals surface area contributed by atoms with Gasteiger partial charge in [0, 0.05) is 19.6 Å². The first-order valence-electron chi connectivity index (χ1n) is 10.1. The van der Waals surface area contributed by atoms with E-state index in [1.165, 1.54) is 0 Å². The predicted molar refractivity (Wildman–Crippen MR) is 119 cm³/mol. The Morgan fingerprint density at radius 1 is 1.23 bits per heavy atom. The first-order chi connectivity index (χ1) is 15.2. The fraction of sp³-hybridized carbons (Fsp3) is 0.364. The van der Waals surface area contributed by atoms with Gasteiger partial charge in [0.2, 0.25) is 0 Å². The molecule has 164 valence electrons. The highest BCUT2D eigenvalue weighted by molar-refractivity contribution is 7.13. The summed E-state index contributed by atoms with van der Waals surface area (Å²) in [5, 5.41) is 12.2. The second-order valence-electron chi connectivity index (χ2n) is 7.13. The van der Waals surface area contributed by atoms with E-state index in [1.54, 1.807) is 31.6 Å². The summed E-state index contributed by atoms with van der Waals surface area (Å²) in [6.45, 7) is 3.36. The normalized spacial score (nSPS) is 15.4. The SMILES string of the molecule is COc1ccc(C(CNC(=O)c2cc(-c3cccs3)[nH]n2)N2CCOCC2)cc1OC. The van der Waals surface area contributed by atoms with E-state index < -0.39 is 0 Å².